The fourth-order valence-corrected chi connectivity index (χ4v) is 4.16. The number of nitrogens with zero attached hydrogens (tertiary/aromatic N) is 3. The van der Waals surface area contributed by atoms with Gasteiger partial charge in [-0.3, -0.25) is 4.79 Å². The van der Waals surface area contributed by atoms with Gasteiger partial charge in [0.2, 0.25) is 17.8 Å². The Bertz CT molecular complexity index is 788. The first-order valence-electron chi connectivity index (χ1n) is 9.71. The highest BCUT2D eigenvalue weighted by molar-refractivity contribution is 7.99. The number of nitrogen functional groups attached to an aromatic ring is 1. The number of nitrogens with two attached hydrogens (primary N) is 1. The van der Waals surface area contributed by atoms with Crippen molar-refractivity contribution in [1.29, 1.82) is 0 Å². The molecule has 1 aliphatic rings. The largest absolute Gasteiger partial charge is 0.368 e. The van der Waals surface area contributed by atoms with Gasteiger partial charge >= 0.3 is 0 Å². The van der Waals surface area contributed by atoms with E-state index in [1.807, 2.05) is 30.3 Å². The maximum Gasteiger partial charge on any atom is 0.232 e. The van der Waals surface area contributed by atoms with Gasteiger partial charge in [-0.1, -0.05) is 44.9 Å². The molecule has 4 N–H and O–H groups in total. The minimum absolute atomic E-state index is 0.0700. The SMILES string of the molecule is C[C@@H]1[C@H](C)CCC[C@@H]1NC(=O)CSCc1nc(N)nc(Nc2ccccc2)n1. The highest BCUT2D eigenvalue weighted by atomic mass is 32.2. The highest BCUT2D eigenvalue weighted by Crippen LogP contribution is 2.29. The second-order valence-electron chi connectivity index (χ2n) is 7.36. The second-order valence-corrected chi connectivity index (χ2v) is 8.34. The average Bonchev–Trinajstić information content (AvgIpc) is 2.66. The van der Waals surface area contributed by atoms with Gasteiger partial charge in [0, 0.05) is 11.7 Å². The predicted molar refractivity (Wildman–Crippen MR) is 114 cm³/mol. The van der Waals surface area contributed by atoms with Gasteiger partial charge in [0.1, 0.15) is 5.82 Å². The molecule has 1 aliphatic carbocycles. The summed E-state index contributed by atoms with van der Waals surface area (Å²) in [7, 11) is 0. The molecule has 0 aliphatic heterocycles. The summed E-state index contributed by atoms with van der Waals surface area (Å²) in [5.41, 5.74) is 6.68. The fraction of sp³-hybridized carbons (Fsp3) is 0.500. The van der Waals surface area contributed by atoms with E-state index in [4.69, 9.17) is 5.73 Å². The number of para-hydroxylation sites is 1. The molecule has 1 heterocycles. The van der Waals surface area contributed by atoms with E-state index >= 15 is 0 Å². The van der Waals surface area contributed by atoms with E-state index in [1.165, 1.54) is 24.6 Å². The number of aromatic nitrogens is 3. The summed E-state index contributed by atoms with van der Waals surface area (Å²) in [6, 6.07) is 9.92. The van der Waals surface area contributed by atoms with Crippen LogP contribution >= 0.6 is 11.8 Å². The van der Waals surface area contributed by atoms with Crippen LogP contribution in [0.4, 0.5) is 17.6 Å². The van der Waals surface area contributed by atoms with E-state index in [1.54, 1.807) is 0 Å². The van der Waals surface area contributed by atoms with Crippen molar-refractivity contribution < 1.29 is 4.79 Å². The molecule has 3 atom stereocenters. The Morgan fingerprint density at radius 1 is 1.18 bits per heavy atom. The quantitative estimate of drug-likeness (QED) is 0.654. The number of hydrogen-bond donors (Lipinski definition) is 3. The predicted octanol–water partition coefficient (Wildman–Crippen LogP) is 3.37. The normalized spacial score (nSPS) is 21.9. The number of thioether (sulfide) groups is 1. The first-order valence-corrected chi connectivity index (χ1v) is 10.9. The van der Waals surface area contributed by atoms with Gasteiger partial charge in [-0.2, -0.15) is 15.0 Å². The van der Waals surface area contributed by atoms with Crippen molar-refractivity contribution in [2.24, 2.45) is 11.8 Å². The zero-order valence-corrected chi connectivity index (χ0v) is 17.2. The van der Waals surface area contributed by atoms with Crippen LogP contribution in [0.25, 0.3) is 0 Å². The van der Waals surface area contributed by atoms with Gasteiger partial charge < -0.3 is 16.4 Å². The van der Waals surface area contributed by atoms with Crippen LogP contribution in [0.2, 0.25) is 0 Å². The fourth-order valence-electron chi connectivity index (χ4n) is 3.48. The number of rotatable bonds is 7. The van der Waals surface area contributed by atoms with Gasteiger partial charge in [0.25, 0.3) is 0 Å². The number of carbonyl (C=O) groups is 1. The van der Waals surface area contributed by atoms with Crippen LogP contribution in [0.3, 0.4) is 0 Å². The molecule has 0 unspecified atom stereocenters. The molecule has 0 saturated heterocycles. The Kier molecular flexibility index (Phi) is 7.08. The maximum absolute atomic E-state index is 12.3. The molecule has 150 valence electrons. The molecule has 3 rings (SSSR count). The van der Waals surface area contributed by atoms with E-state index in [0.717, 1.165) is 12.1 Å². The standard InChI is InChI=1S/C20H28N6OS/c1-13-7-6-10-16(14(13)2)23-18(27)12-28-11-17-24-19(21)26-20(25-17)22-15-8-4-3-5-9-15/h3-5,8-9,13-14,16H,6-7,10-12H2,1-2H3,(H,23,27)(H3,21,22,24,25,26)/t13-,14-,16+/m1/s1. The van der Waals surface area contributed by atoms with Gasteiger partial charge in [0.05, 0.1) is 11.5 Å². The summed E-state index contributed by atoms with van der Waals surface area (Å²) in [6.07, 6.45) is 3.51. The Hall–Kier alpha value is -2.35. The van der Waals surface area contributed by atoms with Gasteiger partial charge in [-0.25, -0.2) is 0 Å². The molecule has 0 radical (unpaired) electrons. The molecule has 2 aromatic rings. The van der Waals surface area contributed by atoms with Crippen molar-refractivity contribution in [3.8, 4) is 0 Å². The Labute approximate surface area is 170 Å². The first kappa shape index (κ1) is 20.4. The third kappa shape index (κ3) is 5.82. The molecule has 8 heteroatoms. The number of hydrogen-bond acceptors (Lipinski definition) is 7. The first-order chi connectivity index (χ1) is 13.5. The summed E-state index contributed by atoms with van der Waals surface area (Å²) in [4.78, 5) is 25.0. The molecule has 1 amide bonds. The molecule has 28 heavy (non-hydrogen) atoms. The summed E-state index contributed by atoms with van der Waals surface area (Å²) >= 11 is 1.48. The van der Waals surface area contributed by atoms with Gasteiger partial charge in [0.15, 0.2) is 0 Å². The maximum atomic E-state index is 12.3. The van der Waals surface area contributed by atoms with Crippen LogP contribution in [-0.2, 0) is 10.5 Å². The zero-order chi connectivity index (χ0) is 19.9. The molecule has 7 nitrogen and oxygen atoms in total. The van der Waals surface area contributed by atoms with Crippen molar-refractivity contribution in [1.82, 2.24) is 20.3 Å². The average molecular weight is 401 g/mol. The molecule has 1 saturated carbocycles. The van der Waals surface area contributed by atoms with Crippen molar-refractivity contribution in [2.45, 2.75) is 44.9 Å². The minimum Gasteiger partial charge on any atom is -0.368 e. The van der Waals surface area contributed by atoms with Crippen LogP contribution < -0.4 is 16.4 Å². The molecule has 0 spiro atoms. The van der Waals surface area contributed by atoms with Crippen molar-refractivity contribution >= 4 is 35.3 Å². The summed E-state index contributed by atoms with van der Waals surface area (Å²) in [5, 5.41) is 6.31. The van der Waals surface area contributed by atoms with Crippen LogP contribution in [0.15, 0.2) is 30.3 Å². The molecular formula is C20H28N6OS. The summed E-state index contributed by atoms with van der Waals surface area (Å²) in [5.74, 6) is 3.27. The third-order valence-corrected chi connectivity index (χ3v) is 6.18. The number of carbonyl (C=O) groups excluding carboxylic acids is 1. The monoisotopic (exact) mass is 400 g/mol. The Balaban J connectivity index is 1.49. The molecule has 1 aromatic heterocycles. The number of anilines is 3. The molecule has 1 fully saturated rings. The van der Waals surface area contributed by atoms with E-state index in [-0.39, 0.29) is 17.9 Å². The second kappa shape index (κ2) is 9.73. The van der Waals surface area contributed by atoms with E-state index in [0.29, 0.717) is 35.1 Å². The number of benzene rings is 1. The lowest BCUT2D eigenvalue weighted by molar-refractivity contribution is -0.119. The zero-order valence-electron chi connectivity index (χ0n) is 16.4. The third-order valence-electron chi connectivity index (χ3n) is 5.25. The lowest BCUT2D eigenvalue weighted by atomic mass is 9.78. The topological polar surface area (TPSA) is 106 Å². The summed E-state index contributed by atoms with van der Waals surface area (Å²) < 4.78 is 0. The molecule has 0 bridgehead atoms. The lowest BCUT2D eigenvalue weighted by Crippen LogP contribution is -2.44. The number of nitrogens with one attached hydrogen (secondary N) is 2. The van der Waals surface area contributed by atoms with Crippen molar-refractivity contribution in [3.05, 3.63) is 36.2 Å². The van der Waals surface area contributed by atoms with Crippen molar-refractivity contribution in [3.63, 3.8) is 0 Å². The molecule has 1 aromatic carbocycles. The van der Waals surface area contributed by atoms with E-state index in [9.17, 15) is 4.79 Å². The summed E-state index contributed by atoms with van der Waals surface area (Å²) in [6.45, 7) is 4.50. The van der Waals surface area contributed by atoms with Crippen LogP contribution in [0, 0.1) is 11.8 Å². The van der Waals surface area contributed by atoms with Crippen LogP contribution in [-0.4, -0.2) is 32.7 Å². The highest BCUT2D eigenvalue weighted by Gasteiger charge is 2.27. The van der Waals surface area contributed by atoms with Gasteiger partial charge in [-0.05, 0) is 30.4 Å². The van der Waals surface area contributed by atoms with Crippen LogP contribution in [0.1, 0.15) is 38.9 Å². The minimum atomic E-state index is 0.0700. The van der Waals surface area contributed by atoms with Crippen molar-refractivity contribution in [2.75, 3.05) is 16.8 Å². The van der Waals surface area contributed by atoms with Crippen LogP contribution in [0.5, 0.6) is 0 Å². The molecular weight excluding hydrogens is 372 g/mol. The smallest absolute Gasteiger partial charge is 0.232 e. The van der Waals surface area contributed by atoms with E-state index in [2.05, 4.69) is 39.4 Å². The van der Waals surface area contributed by atoms with Gasteiger partial charge in [-0.15, -0.1) is 11.8 Å². The number of amides is 1. The Morgan fingerprint density at radius 3 is 2.75 bits per heavy atom. The lowest BCUT2D eigenvalue weighted by Gasteiger charge is -2.34. The Morgan fingerprint density at radius 2 is 1.96 bits per heavy atom. The van der Waals surface area contributed by atoms with E-state index < -0.39 is 0 Å².